The Balaban J connectivity index is 1.43. The Bertz CT molecular complexity index is 632. The van der Waals surface area contributed by atoms with Crippen LogP contribution in [0.4, 0.5) is 4.39 Å². The van der Waals surface area contributed by atoms with Crippen molar-refractivity contribution in [1.82, 2.24) is 4.90 Å². The van der Waals surface area contributed by atoms with Crippen molar-refractivity contribution in [2.75, 3.05) is 26.4 Å². The first-order valence-corrected chi connectivity index (χ1v) is 8.94. The molecule has 0 aromatic heterocycles. The molecule has 0 amide bonds. The number of benzene rings is 2. The minimum atomic E-state index is -0.214. The van der Waals surface area contributed by atoms with Gasteiger partial charge < -0.3 is 9.47 Å². The van der Waals surface area contributed by atoms with Crippen LogP contribution < -0.4 is 9.47 Å². The third-order valence-corrected chi connectivity index (χ3v) is 4.72. The van der Waals surface area contributed by atoms with Crippen LogP contribution in [-0.4, -0.2) is 37.3 Å². The SMILES string of the molecule is CC(COc1ccc(OCc2ccccc2)cc1)N1CCC(CF)C1. The fourth-order valence-electron chi connectivity index (χ4n) is 3.08. The molecule has 3 rings (SSSR count). The Hall–Kier alpha value is -2.07. The third-order valence-electron chi connectivity index (χ3n) is 4.72. The standard InChI is InChI=1S/C21H26FNO2/c1-17(23-12-11-19(13-22)14-23)15-24-20-7-9-21(10-8-20)25-16-18-5-3-2-4-6-18/h2-10,17,19H,11-16H2,1H3. The number of rotatable bonds is 8. The lowest BCUT2D eigenvalue weighted by Crippen LogP contribution is -2.35. The summed E-state index contributed by atoms with van der Waals surface area (Å²) in [6.45, 7) is 4.90. The van der Waals surface area contributed by atoms with E-state index in [0.717, 1.165) is 36.6 Å². The van der Waals surface area contributed by atoms with Gasteiger partial charge in [0.25, 0.3) is 0 Å². The van der Waals surface area contributed by atoms with Gasteiger partial charge in [0.05, 0.1) is 6.67 Å². The van der Waals surface area contributed by atoms with E-state index in [1.54, 1.807) is 0 Å². The van der Waals surface area contributed by atoms with Crippen LogP contribution in [-0.2, 0) is 6.61 Å². The Labute approximate surface area is 149 Å². The van der Waals surface area contributed by atoms with Crippen LogP contribution in [0.15, 0.2) is 54.6 Å². The lowest BCUT2D eigenvalue weighted by atomic mass is 10.1. The second-order valence-electron chi connectivity index (χ2n) is 6.71. The van der Waals surface area contributed by atoms with Crippen molar-refractivity contribution in [2.24, 2.45) is 5.92 Å². The van der Waals surface area contributed by atoms with Gasteiger partial charge in [0.15, 0.2) is 0 Å². The van der Waals surface area contributed by atoms with E-state index in [1.807, 2.05) is 54.6 Å². The smallest absolute Gasteiger partial charge is 0.120 e. The lowest BCUT2D eigenvalue weighted by Gasteiger charge is -2.24. The van der Waals surface area contributed by atoms with E-state index in [4.69, 9.17) is 9.47 Å². The molecular weight excluding hydrogens is 317 g/mol. The van der Waals surface area contributed by atoms with E-state index < -0.39 is 0 Å². The summed E-state index contributed by atoms with van der Waals surface area (Å²) in [5.74, 6) is 1.86. The number of nitrogens with zero attached hydrogens (tertiary/aromatic N) is 1. The second-order valence-corrected chi connectivity index (χ2v) is 6.71. The molecule has 0 spiro atoms. The zero-order valence-electron chi connectivity index (χ0n) is 14.7. The van der Waals surface area contributed by atoms with Gasteiger partial charge in [-0.15, -0.1) is 0 Å². The number of hydrogen-bond donors (Lipinski definition) is 0. The molecular formula is C21H26FNO2. The van der Waals surface area contributed by atoms with Crippen molar-refractivity contribution in [3.05, 3.63) is 60.2 Å². The van der Waals surface area contributed by atoms with Gasteiger partial charge in [-0.3, -0.25) is 9.29 Å². The molecule has 1 saturated heterocycles. The summed E-state index contributed by atoms with van der Waals surface area (Å²) in [4.78, 5) is 2.31. The molecule has 1 aliphatic rings. The van der Waals surface area contributed by atoms with E-state index in [9.17, 15) is 4.39 Å². The van der Waals surface area contributed by atoms with Gasteiger partial charge in [0, 0.05) is 18.5 Å². The fourth-order valence-corrected chi connectivity index (χ4v) is 3.08. The summed E-state index contributed by atoms with van der Waals surface area (Å²) in [6.07, 6.45) is 0.953. The molecule has 25 heavy (non-hydrogen) atoms. The van der Waals surface area contributed by atoms with E-state index in [1.165, 1.54) is 0 Å². The maximum Gasteiger partial charge on any atom is 0.120 e. The van der Waals surface area contributed by atoms with E-state index in [0.29, 0.717) is 19.3 Å². The molecule has 0 aliphatic carbocycles. The summed E-state index contributed by atoms with van der Waals surface area (Å²) in [7, 11) is 0. The minimum Gasteiger partial charge on any atom is -0.492 e. The van der Waals surface area contributed by atoms with Crippen molar-refractivity contribution in [3.63, 3.8) is 0 Å². The van der Waals surface area contributed by atoms with Crippen LogP contribution in [0.3, 0.4) is 0 Å². The van der Waals surface area contributed by atoms with Crippen LogP contribution in [0, 0.1) is 5.92 Å². The van der Waals surface area contributed by atoms with Gasteiger partial charge in [-0.2, -0.15) is 0 Å². The normalized spacial score (nSPS) is 18.9. The topological polar surface area (TPSA) is 21.7 Å². The molecule has 1 fully saturated rings. The lowest BCUT2D eigenvalue weighted by molar-refractivity contribution is 0.165. The first kappa shape index (κ1) is 17.7. The molecule has 2 aromatic carbocycles. The fraction of sp³-hybridized carbons (Fsp3) is 0.429. The van der Waals surface area contributed by atoms with Crippen molar-refractivity contribution < 1.29 is 13.9 Å². The number of likely N-dealkylation sites (tertiary alicyclic amines) is 1. The molecule has 2 aromatic rings. The summed E-state index contributed by atoms with van der Waals surface area (Å²) in [6, 6.07) is 18.1. The van der Waals surface area contributed by atoms with Crippen molar-refractivity contribution in [1.29, 1.82) is 0 Å². The average molecular weight is 343 g/mol. The number of ether oxygens (including phenoxy) is 2. The van der Waals surface area contributed by atoms with E-state index >= 15 is 0 Å². The monoisotopic (exact) mass is 343 g/mol. The summed E-state index contributed by atoms with van der Waals surface area (Å²) >= 11 is 0. The van der Waals surface area contributed by atoms with E-state index in [-0.39, 0.29) is 12.6 Å². The molecule has 0 saturated carbocycles. The highest BCUT2D eigenvalue weighted by Crippen LogP contribution is 2.21. The molecule has 4 heteroatoms. The molecule has 1 aliphatic heterocycles. The Kier molecular flexibility index (Phi) is 6.29. The predicted molar refractivity (Wildman–Crippen MR) is 97.8 cm³/mol. The molecule has 1 heterocycles. The molecule has 2 atom stereocenters. The highest BCUT2D eigenvalue weighted by Gasteiger charge is 2.26. The Morgan fingerprint density at radius 1 is 1.04 bits per heavy atom. The van der Waals surface area contributed by atoms with Crippen molar-refractivity contribution >= 4 is 0 Å². The van der Waals surface area contributed by atoms with Crippen LogP contribution in [0.2, 0.25) is 0 Å². The van der Waals surface area contributed by atoms with Crippen LogP contribution in [0.25, 0.3) is 0 Å². The quantitative estimate of drug-likeness (QED) is 0.712. The zero-order chi connectivity index (χ0) is 17.5. The number of hydrogen-bond acceptors (Lipinski definition) is 3. The highest BCUT2D eigenvalue weighted by atomic mass is 19.1. The van der Waals surface area contributed by atoms with Crippen molar-refractivity contribution in [3.8, 4) is 11.5 Å². The summed E-state index contributed by atoms with van der Waals surface area (Å²) in [5, 5.41) is 0. The molecule has 0 N–H and O–H groups in total. The van der Waals surface area contributed by atoms with Gasteiger partial charge >= 0.3 is 0 Å². The minimum absolute atomic E-state index is 0.198. The molecule has 0 radical (unpaired) electrons. The molecule has 0 bridgehead atoms. The van der Waals surface area contributed by atoms with Crippen LogP contribution in [0.1, 0.15) is 18.9 Å². The van der Waals surface area contributed by atoms with Gasteiger partial charge in [-0.25, -0.2) is 0 Å². The molecule has 134 valence electrons. The largest absolute Gasteiger partial charge is 0.492 e. The van der Waals surface area contributed by atoms with Gasteiger partial charge in [-0.05, 0) is 49.7 Å². The maximum absolute atomic E-state index is 12.7. The maximum atomic E-state index is 12.7. The highest BCUT2D eigenvalue weighted by molar-refractivity contribution is 5.31. The van der Waals surface area contributed by atoms with Crippen LogP contribution >= 0.6 is 0 Å². The summed E-state index contributed by atoms with van der Waals surface area (Å²) < 4.78 is 24.4. The van der Waals surface area contributed by atoms with Gasteiger partial charge in [0.2, 0.25) is 0 Å². The second kappa shape index (κ2) is 8.86. The molecule has 2 unspecified atom stereocenters. The first-order valence-electron chi connectivity index (χ1n) is 8.94. The van der Waals surface area contributed by atoms with Crippen molar-refractivity contribution in [2.45, 2.75) is 26.0 Å². The number of alkyl halides is 1. The average Bonchev–Trinajstić information content (AvgIpc) is 3.15. The van der Waals surface area contributed by atoms with E-state index in [2.05, 4.69) is 11.8 Å². The first-order chi connectivity index (χ1) is 12.2. The van der Waals surface area contributed by atoms with Gasteiger partial charge in [0.1, 0.15) is 24.7 Å². The predicted octanol–water partition coefficient (Wildman–Crippen LogP) is 4.32. The van der Waals surface area contributed by atoms with Gasteiger partial charge in [-0.1, -0.05) is 30.3 Å². The Morgan fingerprint density at radius 2 is 1.72 bits per heavy atom. The summed E-state index contributed by atoms with van der Waals surface area (Å²) in [5.41, 5.74) is 1.15. The molecule has 3 nitrogen and oxygen atoms in total. The number of halogens is 1. The Morgan fingerprint density at radius 3 is 2.36 bits per heavy atom. The zero-order valence-corrected chi connectivity index (χ0v) is 14.7. The third kappa shape index (κ3) is 5.20. The van der Waals surface area contributed by atoms with Crippen LogP contribution in [0.5, 0.6) is 11.5 Å².